The minimum Gasteiger partial charge on any atom is -0.385 e. The number of aryl methyl sites for hydroxylation is 1. The number of unbranched alkanes of at least 4 members (excludes halogenated alkanes) is 2. The van der Waals surface area contributed by atoms with Gasteiger partial charge >= 0.3 is 0 Å². The third-order valence-corrected chi connectivity index (χ3v) is 3.63. The Balaban J connectivity index is 2.21. The van der Waals surface area contributed by atoms with E-state index in [0.29, 0.717) is 0 Å². The van der Waals surface area contributed by atoms with Crippen molar-refractivity contribution in [2.24, 2.45) is 5.41 Å². The summed E-state index contributed by atoms with van der Waals surface area (Å²) in [6.07, 6.45) is 6.88. The normalized spacial score (nSPS) is 11.1. The molecule has 0 atom stereocenters. The maximum Gasteiger partial charge on any atom is 0.0683 e. The molecule has 1 aromatic rings. The molecule has 1 aromatic carbocycles. The molecule has 0 saturated carbocycles. The molecule has 0 aromatic heterocycles. The molecule has 0 saturated heterocycles. The number of nitrogens with zero attached hydrogens (tertiary/aromatic N) is 1. The van der Waals surface area contributed by atoms with Crippen molar-refractivity contribution in [2.45, 2.75) is 59.3 Å². The second-order valence-corrected chi connectivity index (χ2v) is 6.18. The SMILES string of the molecule is CCCCc1ccc(NCCCCC(C)(C)C#N)cc1. The molecule has 110 valence electrons. The van der Waals surface area contributed by atoms with Gasteiger partial charge < -0.3 is 5.32 Å². The third-order valence-electron chi connectivity index (χ3n) is 3.63. The van der Waals surface area contributed by atoms with Crippen molar-refractivity contribution in [1.82, 2.24) is 0 Å². The average molecular weight is 272 g/mol. The summed E-state index contributed by atoms with van der Waals surface area (Å²) < 4.78 is 0. The van der Waals surface area contributed by atoms with Gasteiger partial charge in [0.15, 0.2) is 0 Å². The zero-order valence-corrected chi connectivity index (χ0v) is 13.2. The maximum absolute atomic E-state index is 8.95. The number of hydrogen-bond donors (Lipinski definition) is 1. The third kappa shape index (κ3) is 6.61. The number of hydrogen-bond acceptors (Lipinski definition) is 2. The van der Waals surface area contributed by atoms with E-state index in [9.17, 15) is 0 Å². The van der Waals surface area contributed by atoms with Gasteiger partial charge in [-0.3, -0.25) is 0 Å². The molecular formula is C18H28N2. The Labute approximate surface area is 124 Å². The molecule has 0 fully saturated rings. The topological polar surface area (TPSA) is 35.8 Å². The first-order valence-corrected chi connectivity index (χ1v) is 7.81. The van der Waals surface area contributed by atoms with Crippen LogP contribution in [0.5, 0.6) is 0 Å². The first-order chi connectivity index (χ1) is 9.57. The van der Waals surface area contributed by atoms with Crippen LogP contribution in [-0.2, 0) is 6.42 Å². The average Bonchev–Trinajstić information content (AvgIpc) is 2.46. The van der Waals surface area contributed by atoms with Crippen molar-refractivity contribution >= 4 is 5.69 Å². The lowest BCUT2D eigenvalue weighted by atomic mass is 9.89. The smallest absolute Gasteiger partial charge is 0.0683 e. The van der Waals surface area contributed by atoms with E-state index in [0.717, 1.165) is 25.8 Å². The summed E-state index contributed by atoms with van der Waals surface area (Å²) in [6.45, 7) is 7.23. The predicted octanol–water partition coefficient (Wildman–Crippen LogP) is 5.16. The summed E-state index contributed by atoms with van der Waals surface area (Å²) in [4.78, 5) is 0. The van der Waals surface area contributed by atoms with Crippen molar-refractivity contribution in [1.29, 1.82) is 5.26 Å². The molecule has 20 heavy (non-hydrogen) atoms. The highest BCUT2D eigenvalue weighted by Gasteiger charge is 2.15. The van der Waals surface area contributed by atoms with Crippen molar-refractivity contribution < 1.29 is 0 Å². The molecule has 0 aliphatic heterocycles. The van der Waals surface area contributed by atoms with Crippen LogP contribution in [0.1, 0.15) is 58.4 Å². The van der Waals surface area contributed by atoms with E-state index >= 15 is 0 Å². The Morgan fingerprint density at radius 3 is 2.40 bits per heavy atom. The minimum atomic E-state index is -0.180. The molecule has 2 heteroatoms. The molecule has 0 aliphatic rings. The van der Waals surface area contributed by atoms with Crippen LogP contribution in [0.2, 0.25) is 0 Å². The van der Waals surface area contributed by atoms with E-state index in [-0.39, 0.29) is 5.41 Å². The molecule has 0 unspecified atom stereocenters. The Kier molecular flexibility index (Phi) is 7.15. The van der Waals surface area contributed by atoms with Crippen LogP contribution < -0.4 is 5.32 Å². The zero-order chi connectivity index (χ0) is 14.8. The highest BCUT2D eigenvalue weighted by Crippen LogP contribution is 2.21. The highest BCUT2D eigenvalue weighted by molar-refractivity contribution is 5.44. The number of benzene rings is 1. The van der Waals surface area contributed by atoms with Gasteiger partial charge in [0.2, 0.25) is 0 Å². The first kappa shape index (κ1) is 16.6. The van der Waals surface area contributed by atoms with E-state index < -0.39 is 0 Å². The second kappa shape index (κ2) is 8.64. The van der Waals surface area contributed by atoms with Gasteiger partial charge in [-0.05, 0) is 57.2 Å². The zero-order valence-electron chi connectivity index (χ0n) is 13.2. The number of anilines is 1. The molecule has 0 amide bonds. The summed E-state index contributed by atoms with van der Waals surface area (Å²) >= 11 is 0. The van der Waals surface area contributed by atoms with E-state index in [1.54, 1.807) is 0 Å². The summed E-state index contributed by atoms with van der Waals surface area (Å²) in [6, 6.07) is 11.1. The van der Waals surface area contributed by atoms with Gasteiger partial charge in [-0.15, -0.1) is 0 Å². The van der Waals surface area contributed by atoms with Gasteiger partial charge in [0, 0.05) is 12.2 Å². The van der Waals surface area contributed by atoms with Gasteiger partial charge in [0.25, 0.3) is 0 Å². The molecule has 2 nitrogen and oxygen atoms in total. The summed E-state index contributed by atoms with van der Waals surface area (Å²) in [5.74, 6) is 0. The number of nitriles is 1. The van der Waals surface area contributed by atoms with Gasteiger partial charge in [-0.2, -0.15) is 5.26 Å². The van der Waals surface area contributed by atoms with E-state index in [1.165, 1.54) is 30.5 Å². The summed E-state index contributed by atoms with van der Waals surface area (Å²) in [5, 5.41) is 12.4. The van der Waals surface area contributed by atoms with Gasteiger partial charge in [-0.1, -0.05) is 31.9 Å². The van der Waals surface area contributed by atoms with Crippen LogP contribution in [0, 0.1) is 16.7 Å². The summed E-state index contributed by atoms with van der Waals surface area (Å²) in [7, 11) is 0. The van der Waals surface area contributed by atoms with Gasteiger partial charge in [0.1, 0.15) is 0 Å². The molecule has 0 heterocycles. The molecule has 0 aliphatic carbocycles. The van der Waals surface area contributed by atoms with E-state index in [2.05, 4.69) is 42.6 Å². The lowest BCUT2D eigenvalue weighted by Gasteiger charge is -2.14. The fraction of sp³-hybridized carbons (Fsp3) is 0.611. The van der Waals surface area contributed by atoms with Crippen molar-refractivity contribution in [3.05, 3.63) is 29.8 Å². The first-order valence-electron chi connectivity index (χ1n) is 7.81. The van der Waals surface area contributed by atoms with Crippen LogP contribution in [0.25, 0.3) is 0 Å². The standard InChI is InChI=1S/C18H28N2/c1-4-5-8-16-9-11-17(12-10-16)20-14-7-6-13-18(2,3)15-19/h9-12,20H,4-8,13-14H2,1-3H3. The van der Waals surface area contributed by atoms with Crippen LogP contribution >= 0.6 is 0 Å². The fourth-order valence-corrected chi connectivity index (χ4v) is 2.15. The van der Waals surface area contributed by atoms with Gasteiger partial charge in [-0.25, -0.2) is 0 Å². The second-order valence-electron chi connectivity index (χ2n) is 6.18. The molecule has 1 rings (SSSR count). The summed E-state index contributed by atoms with van der Waals surface area (Å²) in [5.41, 5.74) is 2.44. The molecule has 1 N–H and O–H groups in total. The highest BCUT2D eigenvalue weighted by atomic mass is 14.9. The Morgan fingerprint density at radius 1 is 1.10 bits per heavy atom. The number of nitrogens with one attached hydrogen (secondary N) is 1. The lowest BCUT2D eigenvalue weighted by molar-refractivity contribution is 0.430. The van der Waals surface area contributed by atoms with E-state index in [4.69, 9.17) is 5.26 Å². The lowest BCUT2D eigenvalue weighted by Crippen LogP contribution is -2.09. The number of rotatable bonds is 9. The van der Waals surface area contributed by atoms with Crippen molar-refractivity contribution in [3.63, 3.8) is 0 Å². The predicted molar refractivity (Wildman–Crippen MR) is 86.8 cm³/mol. The molecule has 0 radical (unpaired) electrons. The Morgan fingerprint density at radius 2 is 1.80 bits per heavy atom. The quantitative estimate of drug-likeness (QED) is 0.630. The molecule has 0 bridgehead atoms. The van der Waals surface area contributed by atoms with E-state index in [1.807, 2.05) is 13.8 Å². The fourth-order valence-electron chi connectivity index (χ4n) is 2.15. The largest absolute Gasteiger partial charge is 0.385 e. The molecular weight excluding hydrogens is 244 g/mol. The van der Waals surface area contributed by atoms with Crippen LogP contribution in [0.15, 0.2) is 24.3 Å². The van der Waals surface area contributed by atoms with Crippen LogP contribution in [0.3, 0.4) is 0 Å². The van der Waals surface area contributed by atoms with Crippen molar-refractivity contribution in [2.75, 3.05) is 11.9 Å². The van der Waals surface area contributed by atoms with Gasteiger partial charge in [0.05, 0.1) is 11.5 Å². The molecule has 0 spiro atoms. The van der Waals surface area contributed by atoms with Crippen LogP contribution in [0.4, 0.5) is 5.69 Å². The van der Waals surface area contributed by atoms with Crippen LogP contribution in [-0.4, -0.2) is 6.54 Å². The Bertz CT molecular complexity index is 412. The van der Waals surface area contributed by atoms with Crippen molar-refractivity contribution in [3.8, 4) is 6.07 Å². The minimum absolute atomic E-state index is 0.180. The Hall–Kier alpha value is -1.49. The maximum atomic E-state index is 8.95. The monoisotopic (exact) mass is 272 g/mol.